The van der Waals surface area contributed by atoms with Gasteiger partial charge in [0.05, 0.1) is 31.9 Å². The van der Waals surface area contributed by atoms with Crippen molar-refractivity contribution in [3.8, 4) is 11.5 Å². The molecule has 1 aromatic heterocycles. The van der Waals surface area contributed by atoms with Gasteiger partial charge < -0.3 is 24.3 Å². The van der Waals surface area contributed by atoms with Gasteiger partial charge in [-0.3, -0.25) is 9.59 Å². The van der Waals surface area contributed by atoms with E-state index in [2.05, 4.69) is 5.32 Å². The third-order valence-corrected chi connectivity index (χ3v) is 6.77. The number of likely N-dealkylation sites (N-methyl/N-ethyl adjacent to an activating group) is 1. The van der Waals surface area contributed by atoms with Crippen LogP contribution in [0.5, 0.6) is 11.5 Å². The topological polar surface area (TPSA) is 72.8 Å². The predicted octanol–water partition coefficient (Wildman–Crippen LogP) is 4.74. The SMILES string of the molecule is COc1ccc(OC)c(NC(=O)C2c3ccccc3C(=O)N(C)C2c2cn(C)c3ccccc23)c1. The van der Waals surface area contributed by atoms with E-state index < -0.39 is 12.0 Å². The summed E-state index contributed by atoms with van der Waals surface area (Å²) >= 11 is 0. The number of aromatic nitrogens is 1. The van der Waals surface area contributed by atoms with Gasteiger partial charge in [-0.25, -0.2) is 0 Å². The summed E-state index contributed by atoms with van der Waals surface area (Å²) in [5.41, 5.74) is 3.70. The molecule has 0 spiro atoms. The normalized spacial score (nSPS) is 17.3. The largest absolute Gasteiger partial charge is 0.497 e. The molecule has 4 aromatic rings. The molecule has 0 bridgehead atoms. The van der Waals surface area contributed by atoms with Gasteiger partial charge in [0.2, 0.25) is 5.91 Å². The number of hydrogen-bond donors (Lipinski definition) is 1. The Morgan fingerprint density at radius 2 is 1.66 bits per heavy atom. The Labute approximate surface area is 203 Å². The van der Waals surface area contributed by atoms with Gasteiger partial charge >= 0.3 is 0 Å². The number of carbonyl (C=O) groups excluding carboxylic acids is 2. The van der Waals surface area contributed by atoms with Crippen LogP contribution in [0.3, 0.4) is 0 Å². The van der Waals surface area contributed by atoms with Crippen molar-refractivity contribution in [3.63, 3.8) is 0 Å². The number of amides is 2. The Bertz CT molecular complexity index is 1440. The molecular formula is C28H27N3O4. The summed E-state index contributed by atoms with van der Waals surface area (Å²) in [5.74, 6) is 0.135. The van der Waals surface area contributed by atoms with E-state index in [9.17, 15) is 9.59 Å². The molecule has 3 aromatic carbocycles. The molecule has 1 aliphatic rings. The number of fused-ring (bicyclic) bond motifs is 2. The molecule has 1 aliphatic heterocycles. The van der Waals surface area contributed by atoms with Crippen molar-refractivity contribution in [1.82, 2.24) is 9.47 Å². The first-order valence-electron chi connectivity index (χ1n) is 11.4. The van der Waals surface area contributed by atoms with Crippen molar-refractivity contribution in [3.05, 3.63) is 89.6 Å². The van der Waals surface area contributed by atoms with E-state index >= 15 is 0 Å². The van der Waals surface area contributed by atoms with Crippen molar-refractivity contribution in [2.75, 3.05) is 26.6 Å². The van der Waals surface area contributed by atoms with Crippen LogP contribution in [-0.4, -0.2) is 42.5 Å². The molecule has 0 fully saturated rings. The second-order valence-electron chi connectivity index (χ2n) is 8.69. The Balaban J connectivity index is 1.67. The smallest absolute Gasteiger partial charge is 0.254 e. The average molecular weight is 470 g/mol. The van der Waals surface area contributed by atoms with Gasteiger partial charge in [-0.15, -0.1) is 0 Å². The summed E-state index contributed by atoms with van der Waals surface area (Å²) in [4.78, 5) is 29.1. The Morgan fingerprint density at radius 3 is 2.43 bits per heavy atom. The molecule has 0 saturated heterocycles. The molecule has 2 amide bonds. The fourth-order valence-electron chi connectivity index (χ4n) is 5.08. The van der Waals surface area contributed by atoms with Crippen molar-refractivity contribution in [2.24, 2.45) is 7.05 Å². The number of carbonyl (C=O) groups is 2. The minimum atomic E-state index is -0.643. The lowest BCUT2D eigenvalue weighted by molar-refractivity contribution is -0.119. The second-order valence-corrected chi connectivity index (χ2v) is 8.69. The molecule has 0 aliphatic carbocycles. The molecule has 2 atom stereocenters. The molecule has 7 heteroatoms. The number of ether oxygens (including phenoxy) is 2. The van der Waals surface area contributed by atoms with Crippen LogP contribution >= 0.6 is 0 Å². The maximum absolute atomic E-state index is 14.0. The van der Waals surface area contributed by atoms with Crippen molar-refractivity contribution >= 4 is 28.4 Å². The van der Waals surface area contributed by atoms with Crippen molar-refractivity contribution < 1.29 is 19.1 Å². The molecule has 0 radical (unpaired) electrons. The minimum absolute atomic E-state index is 0.110. The molecule has 0 saturated carbocycles. The van der Waals surface area contributed by atoms with Gasteiger partial charge in [-0.05, 0) is 29.8 Å². The summed E-state index contributed by atoms with van der Waals surface area (Å²) < 4.78 is 12.9. The Kier molecular flexibility index (Phi) is 5.68. The fraction of sp³-hybridized carbons (Fsp3) is 0.214. The highest BCUT2D eigenvalue weighted by atomic mass is 16.5. The van der Waals surface area contributed by atoms with Crippen LogP contribution in [0.1, 0.15) is 33.4 Å². The van der Waals surface area contributed by atoms with Gasteiger partial charge in [0.15, 0.2) is 0 Å². The Hall–Kier alpha value is -4.26. The first-order valence-corrected chi connectivity index (χ1v) is 11.4. The van der Waals surface area contributed by atoms with Crippen molar-refractivity contribution in [2.45, 2.75) is 12.0 Å². The number of nitrogens with one attached hydrogen (secondary N) is 1. The van der Waals surface area contributed by atoms with Crippen LogP contribution in [0, 0.1) is 0 Å². The Morgan fingerprint density at radius 1 is 0.914 bits per heavy atom. The van der Waals surface area contributed by atoms with Crippen molar-refractivity contribution in [1.29, 1.82) is 0 Å². The summed E-state index contributed by atoms with van der Waals surface area (Å²) in [7, 11) is 6.86. The summed E-state index contributed by atoms with van der Waals surface area (Å²) in [5, 5.41) is 4.06. The quantitative estimate of drug-likeness (QED) is 0.458. The van der Waals surface area contributed by atoms with Gasteiger partial charge in [0, 0.05) is 48.4 Å². The lowest BCUT2D eigenvalue weighted by atomic mass is 9.79. The second kappa shape index (κ2) is 8.83. The lowest BCUT2D eigenvalue weighted by Gasteiger charge is -2.39. The summed E-state index contributed by atoms with van der Waals surface area (Å²) in [6, 6.07) is 20.1. The number of anilines is 1. The number of para-hydroxylation sites is 1. The third kappa shape index (κ3) is 3.69. The summed E-state index contributed by atoms with van der Waals surface area (Å²) in [6.45, 7) is 0. The molecule has 2 unspecified atom stereocenters. The van der Waals surface area contributed by atoms with E-state index in [0.29, 0.717) is 28.3 Å². The first kappa shape index (κ1) is 22.5. The molecule has 5 rings (SSSR count). The van der Waals surface area contributed by atoms with Gasteiger partial charge in [-0.1, -0.05) is 36.4 Å². The predicted molar refractivity (Wildman–Crippen MR) is 135 cm³/mol. The van der Waals surface area contributed by atoms with Gasteiger partial charge in [-0.2, -0.15) is 0 Å². The number of aryl methyl sites for hydroxylation is 1. The number of rotatable bonds is 5. The molecule has 178 valence electrons. The first-order chi connectivity index (χ1) is 16.9. The molecule has 7 nitrogen and oxygen atoms in total. The van der Waals surface area contributed by atoms with E-state index in [1.54, 1.807) is 50.4 Å². The molecule has 2 heterocycles. The van der Waals surface area contributed by atoms with E-state index in [-0.39, 0.29) is 11.8 Å². The fourth-order valence-corrected chi connectivity index (χ4v) is 5.08. The maximum atomic E-state index is 14.0. The highest BCUT2D eigenvalue weighted by molar-refractivity contribution is 6.05. The summed E-state index contributed by atoms with van der Waals surface area (Å²) in [6.07, 6.45) is 2.01. The number of methoxy groups -OCH3 is 2. The zero-order chi connectivity index (χ0) is 24.7. The van der Waals surface area contributed by atoms with E-state index in [0.717, 1.165) is 16.5 Å². The van der Waals surface area contributed by atoms with Gasteiger partial charge in [0.25, 0.3) is 5.91 Å². The van der Waals surface area contributed by atoms with Gasteiger partial charge in [0.1, 0.15) is 11.5 Å². The van der Waals surface area contributed by atoms with Crippen LogP contribution in [0.4, 0.5) is 5.69 Å². The minimum Gasteiger partial charge on any atom is -0.497 e. The monoisotopic (exact) mass is 469 g/mol. The zero-order valence-corrected chi connectivity index (χ0v) is 20.1. The number of benzene rings is 3. The molecular weight excluding hydrogens is 442 g/mol. The third-order valence-electron chi connectivity index (χ3n) is 6.77. The van der Waals surface area contributed by atoms with E-state index in [1.165, 1.54) is 0 Å². The molecule has 35 heavy (non-hydrogen) atoms. The van der Waals surface area contributed by atoms with E-state index in [1.807, 2.05) is 60.3 Å². The molecule has 1 N–H and O–H groups in total. The highest BCUT2D eigenvalue weighted by Gasteiger charge is 2.43. The highest BCUT2D eigenvalue weighted by Crippen LogP contribution is 2.45. The van der Waals surface area contributed by atoms with Crippen LogP contribution < -0.4 is 14.8 Å². The van der Waals surface area contributed by atoms with Crippen LogP contribution in [-0.2, 0) is 11.8 Å². The van der Waals surface area contributed by atoms with E-state index in [4.69, 9.17) is 9.47 Å². The standard InChI is InChI=1S/C28H27N3O4/c1-30-16-21(18-9-7-8-12-23(18)30)26-25(19-10-5-6-11-20(19)28(33)31(26)2)27(32)29-22-15-17(34-3)13-14-24(22)35-4/h5-16,25-26H,1-4H3,(H,29,32). The van der Waals surface area contributed by atoms with Crippen LogP contribution in [0.25, 0.3) is 10.9 Å². The number of hydrogen-bond acceptors (Lipinski definition) is 4. The van der Waals surface area contributed by atoms with Crippen LogP contribution in [0.2, 0.25) is 0 Å². The zero-order valence-electron chi connectivity index (χ0n) is 20.1. The lowest BCUT2D eigenvalue weighted by Crippen LogP contribution is -2.44. The maximum Gasteiger partial charge on any atom is 0.254 e. The average Bonchev–Trinajstić information content (AvgIpc) is 3.22. The number of nitrogens with zero attached hydrogens (tertiary/aromatic N) is 2. The van der Waals surface area contributed by atoms with Crippen LogP contribution in [0.15, 0.2) is 72.9 Å².